The first kappa shape index (κ1) is 11.8. The van der Waals surface area contributed by atoms with E-state index in [9.17, 15) is 4.79 Å². The molecule has 6 heteroatoms. The average Bonchev–Trinajstić information content (AvgIpc) is 2.78. The maximum absolute atomic E-state index is 11.6. The predicted octanol–water partition coefficient (Wildman–Crippen LogP) is 0.890. The van der Waals surface area contributed by atoms with Gasteiger partial charge in [-0.1, -0.05) is 0 Å². The molecule has 0 atom stereocenters. The van der Waals surface area contributed by atoms with Gasteiger partial charge in [0.1, 0.15) is 11.4 Å². The van der Waals surface area contributed by atoms with Crippen LogP contribution in [0.4, 0.5) is 0 Å². The summed E-state index contributed by atoms with van der Waals surface area (Å²) >= 11 is 0. The van der Waals surface area contributed by atoms with Crippen molar-refractivity contribution in [1.82, 2.24) is 15.2 Å². The summed E-state index contributed by atoms with van der Waals surface area (Å²) < 4.78 is 1.46. The number of aryl methyl sites for hydroxylation is 1. The Kier molecular flexibility index (Phi) is 3.38. The van der Waals surface area contributed by atoms with Gasteiger partial charge in [-0.05, 0) is 35.9 Å². The number of amides is 1. The minimum absolute atomic E-state index is 0.186. The van der Waals surface area contributed by atoms with Crippen LogP contribution < -0.4 is 5.43 Å². The van der Waals surface area contributed by atoms with E-state index >= 15 is 0 Å². The van der Waals surface area contributed by atoms with Gasteiger partial charge in [-0.15, -0.1) is 0 Å². The van der Waals surface area contributed by atoms with Crippen LogP contribution >= 0.6 is 0 Å². The van der Waals surface area contributed by atoms with Gasteiger partial charge < -0.3 is 5.11 Å². The summed E-state index contributed by atoms with van der Waals surface area (Å²) in [6, 6.07) is 8.07. The van der Waals surface area contributed by atoms with E-state index in [4.69, 9.17) is 5.11 Å². The fourth-order valence-electron chi connectivity index (χ4n) is 1.38. The second kappa shape index (κ2) is 5.13. The highest BCUT2D eigenvalue weighted by atomic mass is 16.3. The molecule has 2 N–H and O–H groups in total. The lowest BCUT2D eigenvalue weighted by Gasteiger charge is -1.99. The van der Waals surface area contributed by atoms with Gasteiger partial charge in [0.15, 0.2) is 0 Å². The van der Waals surface area contributed by atoms with Gasteiger partial charge in [0.05, 0.1) is 6.21 Å². The number of hydrogen-bond acceptors (Lipinski definition) is 4. The monoisotopic (exact) mass is 244 g/mol. The zero-order chi connectivity index (χ0) is 13.0. The molecule has 2 aromatic rings. The first-order chi connectivity index (χ1) is 8.66. The fraction of sp³-hybridized carbons (Fsp3) is 0.0833. The summed E-state index contributed by atoms with van der Waals surface area (Å²) in [6.07, 6.45) is 3.03. The van der Waals surface area contributed by atoms with Crippen LogP contribution in [-0.2, 0) is 7.05 Å². The molecule has 0 aliphatic rings. The molecule has 1 aromatic carbocycles. The number of hydrogen-bond donors (Lipinski definition) is 2. The van der Waals surface area contributed by atoms with Crippen LogP contribution in [0.5, 0.6) is 5.75 Å². The van der Waals surface area contributed by atoms with E-state index in [1.54, 1.807) is 43.6 Å². The molecule has 1 amide bonds. The Labute approximate surface area is 104 Å². The lowest BCUT2D eigenvalue weighted by Crippen LogP contribution is -2.20. The number of nitrogens with one attached hydrogen (secondary N) is 1. The highest BCUT2D eigenvalue weighted by Crippen LogP contribution is 2.07. The Hall–Kier alpha value is -2.63. The molecule has 18 heavy (non-hydrogen) atoms. The molecule has 6 nitrogen and oxygen atoms in total. The third kappa shape index (κ3) is 2.73. The molecular weight excluding hydrogens is 232 g/mol. The Morgan fingerprint density at radius 1 is 1.39 bits per heavy atom. The molecule has 1 heterocycles. The van der Waals surface area contributed by atoms with Crippen LogP contribution in [0.25, 0.3) is 0 Å². The number of benzene rings is 1. The molecule has 0 saturated heterocycles. The van der Waals surface area contributed by atoms with Gasteiger partial charge in [-0.25, -0.2) is 5.43 Å². The molecule has 0 unspecified atom stereocenters. The highest BCUT2D eigenvalue weighted by Gasteiger charge is 2.07. The van der Waals surface area contributed by atoms with Crippen molar-refractivity contribution < 1.29 is 9.90 Å². The van der Waals surface area contributed by atoms with Gasteiger partial charge in [0, 0.05) is 13.2 Å². The van der Waals surface area contributed by atoms with Crippen LogP contribution in [0.1, 0.15) is 16.1 Å². The number of hydrazone groups is 1. The van der Waals surface area contributed by atoms with Crippen molar-refractivity contribution >= 4 is 12.1 Å². The van der Waals surface area contributed by atoms with E-state index in [1.807, 2.05) is 0 Å². The second-order valence-electron chi connectivity index (χ2n) is 3.63. The molecule has 0 spiro atoms. The molecule has 1 aromatic heterocycles. The van der Waals surface area contributed by atoms with E-state index in [0.29, 0.717) is 5.69 Å². The molecular formula is C12H12N4O2. The summed E-state index contributed by atoms with van der Waals surface area (Å²) in [7, 11) is 1.68. The summed E-state index contributed by atoms with van der Waals surface area (Å²) in [4.78, 5) is 11.6. The van der Waals surface area contributed by atoms with Crippen molar-refractivity contribution in [2.75, 3.05) is 0 Å². The number of nitrogens with zero attached hydrogens (tertiary/aromatic N) is 3. The van der Waals surface area contributed by atoms with Crippen molar-refractivity contribution in [2.45, 2.75) is 0 Å². The van der Waals surface area contributed by atoms with Gasteiger partial charge in [-0.2, -0.15) is 10.2 Å². The summed E-state index contributed by atoms with van der Waals surface area (Å²) in [5, 5.41) is 16.8. The fourth-order valence-corrected chi connectivity index (χ4v) is 1.38. The first-order valence-corrected chi connectivity index (χ1v) is 5.27. The summed E-state index contributed by atoms with van der Waals surface area (Å²) in [5.74, 6) is -0.143. The van der Waals surface area contributed by atoms with Crippen LogP contribution in [0, 0.1) is 0 Å². The lowest BCUT2D eigenvalue weighted by atomic mass is 10.2. The highest BCUT2D eigenvalue weighted by molar-refractivity contribution is 5.93. The average molecular weight is 244 g/mol. The summed E-state index contributed by atoms with van der Waals surface area (Å²) in [5.41, 5.74) is 3.60. The molecule has 2 rings (SSSR count). The van der Waals surface area contributed by atoms with Crippen molar-refractivity contribution in [3.05, 3.63) is 47.8 Å². The zero-order valence-electron chi connectivity index (χ0n) is 9.74. The number of rotatable bonds is 3. The third-order valence-electron chi connectivity index (χ3n) is 2.33. The van der Waals surface area contributed by atoms with E-state index in [1.165, 1.54) is 10.9 Å². The quantitative estimate of drug-likeness (QED) is 0.621. The van der Waals surface area contributed by atoms with Gasteiger partial charge in [0.25, 0.3) is 5.91 Å². The van der Waals surface area contributed by atoms with Crippen LogP contribution in [0.2, 0.25) is 0 Å². The lowest BCUT2D eigenvalue weighted by molar-refractivity contribution is 0.0945. The Morgan fingerprint density at radius 2 is 2.11 bits per heavy atom. The van der Waals surface area contributed by atoms with Crippen LogP contribution in [0.3, 0.4) is 0 Å². The van der Waals surface area contributed by atoms with Crippen molar-refractivity contribution in [3.63, 3.8) is 0 Å². The molecule has 0 saturated carbocycles. The number of phenolic OH excluding ortho intramolecular Hbond substituents is 1. The minimum atomic E-state index is -0.329. The topological polar surface area (TPSA) is 79.5 Å². The van der Waals surface area contributed by atoms with Crippen molar-refractivity contribution in [2.24, 2.45) is 12.1 Å². The Bertz CT molecular complexity index is 572. The summed E-state index contributed by atoms with van der Waals surface area (Å²) in [6.45, 7) is 0. The van der Waals surface area contributed by atoms with Gasteiger partial charge >= 0.3 is 0 Å². The largest absolute Gasteiger partial charge is 0.508 e. The Balaban J connectivity index is 1.98. The van der Waals surface area contributed by atoms with Crippen molar-refractivity contribution in [3.8, 4) is 5.75 Å². The molecule has 0 aliphatic heterocycles. The number of phenols is 1. The van der Waals surface area contributed by atoms with Crippen LogP contribution in [0.15, 0.2) is 41.6 Å². The zero-order valence-corrected chi connectivity index (χ0v) is 9.74. The van der Waals surface area contributed by atoms with E-state index in [-0.39, 0.29) is 11.7 Å². The number of aromatic hydroxyl groups is 1. The molecule has 92 valence electrons. The Morgan fingerprint density at radius 3 is 2.72 bits per heavy atom. The van der Waals surface area contributed by atoms with Crippen molar-refractivity contribution in [1.29, 1.82) is 0 Å². The van der Waals surface area contributed by atoms with E-state index in [0.717, 1.165) is 5.56 Å². The smallest absolute Gasteiger partial charge is 0.289 e. The SMILES string of the molecule is Cn1nccc1C(=O)NN=Cc1ccc(O)cc1. The first-order valence-electron chi connectivity index (χ1n) is 5.27. The third-order valence-corrected chi connectivity index (χ3v) is 2.33. The predicted molar refractivity (Wildman–Crippen MR) is 66.4 cm³/mol. The standard InChI is InChI=1S/C12H12N4O2/c1-16-11(6-7-14-16)12(18)15-13-8-9-2-4-10(17)5-3-9/h2-8,17H,1H3,(H,15,18). The molecule has 0 radical (unpaired) electrons. The molecule has 0 fully saturated rings. The maximum atomic E-state index is 11.6. The molecule has 0 bridgehead atoms. The second-order valence-corrected chi connectivity index (χ2v) is 3.63. The van der Waals surface area contributed by atoms with E-state index < -0.39 is 0 Å². The van der Waals surface area contributed by atoms with Crippen LogP contribution in [-0.4, -0.2) is 27.0 Å². The number of carbonyl (C=O) groups excluding carboxylic acids is 1. The van der Waals surface area contributed by atoms with Gasteiger partial charge in [0.2, 0.25) is 0 Å². The maximum Gasteiger partial charge on any atom is 0.289 e. The van der Waals surface area contributed by atoms with E-state index in [2.05, 4.69) is 15.6 Å². The number of aromatic nitrogens is 2. The minimum Gasteiger partial charge on any atom is -0.508 e. The van der Waals surface area contributed by atoms with Gasteiger partial charge in [-0.3, -0.25) is 9.48 Å². The molecule has 0 aliphatic carbocycles. The number of carbonyl (C=O) groups is 1. The normalized spacial score (nSPS) is 10.7.